The zero-order valence-corrected chi connectivity index (χ0v) is 12.3. The SMILES string of the molecule is Cc1csc(C(C)NC(c2ccccc2)C2CC2)n1. The number of nitrogens with one attached hydrogen (secondary N) is 1. The first-order valence-corrected chi connectivity index (χ1v) is 7.85. The fourth-order valence-electron chi connectivity index (χ4n) is 2.51. The molecule has 0 amide bonds. The number of thiazole rings is 1. The van der Waals surface area contributed by atoms with Gasteiger partial charge in [0, 0.05) is 17.1 Å². The van der Waals surface area contributed by atoms with E-state index in [2.05, 4.69) is 59.9 Å². The van der Waals surface area contributed by atoms with Gasteiger partial charge in [0.05, 0.1) is 6.04 Å². The molecule has 1 aromatic heterocycles. The maximum absolute atomic E-state index is 4.59. The summed E-state index contributed by atoms with van der Waals surface area (Å²) in [5.41, 5.74) is 2.53. The maximum Gasteiger partial charge on any atom is 0.110 e. The molecule has 1 N–H and O–H groups in total. The minimum atomic E-state index is 0.324. The highest BCUT2D eigenvalue weighted by molar-refractivity contribution is 7.09. The van der Waals surface area contributed by atoms with E-state index < -0.39 is 0 Å². The van der Waals surface area contributed by atoms with Crippen molar-refractivity contribution in [3.05, 3.63) is 52.0 Å². The molecule has 2 unspecified atom stereocenters. The van der Waals surface area contributed by atoms with Gasteiger partial charge in [-0.3, -0.25) is 0 Å². The lowest BCUT2D eigenvalue weighted by Gasteiger charge is -2.22. The molecule has 1 fully saturated rings. The minimum Gasteiger partial charge on any atom is -0.301 e. The Bertz CT molecular complexity index is 531. The van der Waals surface area contributed by atoms with Crippen molar-refractivity contribution in [2.45, 2.75) is 38.8 Å². The second-order valence-corrected chi connectivity index (χ2v) is 6.33. The van der Waals surface area contributed by atoms with Gasteiger partial charge in [0.25, 0.3) is 0 Å². The van der Waals surface area contributed by atoms with Gasteiger partial charge in [-0.2, -0.15) is 0 Å². The number of hydrogen-bond donors (Lipinski definition) is 1. The summed E-state index contributed by atoms with van der Waals surface area (Å²) >= 11 is 1.75. The predicted octanol–water partition coefficient (Wildman–Crippen LogP) is 4.25. The first-order chi connectivity index (χ1) is 9.24. The van der Waals surface area contributed by atoms with E-state index in [1.54, 1.807) is 11.3 Å². The summed E-state index contributed by atoms with van der Waals surface area (Å²) in [6, 6.07) is 11.6. The topological polar surface area (TPSA) is 24.9 Å². The molecule has 0 aliphatic heterocycles. The zero-order chi connectivity index (χ0) is 13.2. The molecule has 3 rings (SSSR count). The van der Waals surface area contributed by atoms with Crippen molar-refractivity contribution in [1.82, 2.24) is 10.3 Å². The molecule has 19 heavy (non-hydrogen) atoms. The van der Waals surface area contributed by atoms with E-state index >= 15 is 0 Å². The molecule has 2 aromatic rings. The van der Waals surface area contributed by atoms with E-state index in [4.69, 9.17) is 0 Å². The molecule has 0 radical (unpaired) electrons. The molecule has 3 heteroatoms. The average molecular weight is 272 g/mol. The van der Waals surface area contributed by atoms with Crippen LogP contribution in [0.15, 0.2) is 35.7 Å². The second-order valence-electron chi connectivity index (χ2n) is 5.44. The van der Waals surface area contributed by atoms with Gasteiger partial charge in [0.15, 0.2) is 0 Å². The average Bonchev–Trinajstić information content (AvgIpc) is 3.18. The molecule has 0 saturated heterocycles. The van der Waals surface area contributed by atoms with Crippen molar-refractivity contribution >= 4 is 11.3 Å². The van der Waals surface area contributed by atoms with E-state index in [9.17, 15) is 0 Å². The third-order valence-electron chi connectivity index (χ3n) is 3.69. The van der Waals surface area contributed by atoms with Crippen molar-refractivity contribution in [2.75, 3.05) is 0 Å². The predicted molar refractivity (Wildman–Crippen MR) is 80.3 cm³/mol. The van der Waals surface area contributed by atoms with Crippen molar-refractivity contribution in [1.29, 1.82) is 0 Å². The third-order valence-corrected chi connectivity index (χ3v) is 4.83. The van der Waals surface area contributed by atoms with Gasteiger partial charge >= 0.3 is 0 Å². The van der Waals surface area contributed by atoms with E-state index in [0.29, 0.717) is 12.1 Å². The molecular weight excluding hydrogens is 252 g/mol. The molecule has 0 bridgehead atoms. The fourth-order valence-corrected chi connectivity index (χ4v) is 3.32. The lowest BCUT2D eigenvalue weighted by Crippen LogP contribution is -2.26. The van der Waals surface area contributed by atoms with Gasteiger partial charge in [-0.15, -0.1) is 11.3 Å². The Morgan fingerprint density at radius 1 is 1.26 bits per heavy atom. The highest BCUT2D eigenvalue weighted by Crippen LogP contribution is 2.42. The quantitative estimate of drug-likeness (QED) is 0.880. The van der Waals surface area contributed by atoms with E-state index in [1.165, 1.54) is 23.4 Å². The summed E-state index contributed by atoms with van der Waals surface area (Å²) in [4.78, 5) is 4.59. The molecule has 1 aromatic carbocycles. The zero-order valence-electron chi connectivity index (χ0n) is 11.5. The van der Waals surface area contributed by atoms with Gasteiger partial charge in [-0.1, -0.05) is 30.3 Å². The van der Waals surface area contributed by atoms with Crippen molar-refractivity contribution < 1.29 is 0 Å². The number of rotatable bonds is 5. The molecule has 1 aliphatic rings. The van der Waals surface area contributed by atoms with Crippen molar-refractivity contribution in [3.8, 4) is 0 Å². The Morgan fingerprint density at radius 2 is 2.00 bits per heavy atom. The largest absolute Gasteiger partial charge is 0.301 e. The van der Waals surface area contributed by atoms with Crippen LogP contribution in [0.2, 0.25) is 0 Å². The first-order valence-electron chi connectivity index (χ1n) is 6.97. The first kappa shape index (κ1) is 12.8. The van der Waals surface area contributed by atoms with E-state index in [-0.39, 0.29) is 0 Å². The van der Waals surface area contributed by atoms with E-state index in [1.807, 2.05) is 0 Å². The van der Waals surface area contributed by atoms with Crippen molar-refractivity contribution in [3.63, 3.8) is 0 Å². The van der Waals surface area contributed by atoms with E-state index in [0.717, 1.165) is 11.6 Å². The second kappa shape index (κ2) is 5.43. The van der Waals surface area contributed by atoms with Crippen LogP contribution in [0.1, 0.15) is 48.1 Å². The Kier molecular flexibility index (Phi) is 3.67. The number of benzene rings is 1. The highest BCUT2D eigenvalue weighted by Gasteiger charge is 2.33. The Morgan fingerprint density at radius 3 is 2.58 bits per heavy atom. The van der Waals surface area contributed by atoms with Crippen LogP contribution >= 0.6 is 11.3 Å². The minimum absolute atomic E-state index is 0.324. The molecule has 1 aliphatic carbocycles. The number of hydrogen-bond acceptors (Lipinski definition) is 3. The monoisotopic (exact) mass is 272 g/mol. The Hall–Kier alpha value is -1.19. The Balaban J connectivity index is 1.75. The number of nitrogens with zero attached hydrogens (tertiary/aromatic N) is 1. The van der Waals surface area contributed by atoms with Gasteiger partial charge < -0.3 is 5.32 Å². The normalized spacial score (nSPS) is 18.2. The van der Waals surface area contributed by atoms with Gasteiger partial charge in [-0.05, 0) is 38.2 Å². The third kappa shape index (κ3) is 3.04. The Labute approximate surface area is 118 Å². The molecular formula is C16H20N2S. The van der Waals surface area contributed by atoms with Crippen LogP contribution < -0.4 is 5.32 Å². The lowest BCUT2D eigenvalue weighted by molar-refractivity contribution is 0.426. The van der Waals surface area contributed by atoms with Crippen LogP contribution in [-0.2, 0) is 0 Å². The number of aryl methyl sites for hydroxylation is 1. The summed E-state index contributed by atoms with van der Waals surface area (Å²) in [5, 5.41) is 7.09. The van der Waals surface area contributed by atoms with Crippen LogP contribution in [0.4, 0.5) is 0 Å². The standard InChI is InChI=1S/C16H20N2S/c1-11-10-19-16(17-11)12(2)18-15(14-8-9-14)13-6-4-3-5-7-13/h3-7,10,12,14-15,18H,8-9H2,1-2H3. The summed E-state index contributed by atoms with van der Waals surface area (Å²) in [6.45, 7) is 4.28. The van der Waals surface area contributed by atoms with Crippen molar-refractivity contribution in [2.24, 2.45) is 5.92 Å². The molecule has 100 valence electrons. The summed E-state index contributed by atoms with van der Waals surface area (Å²) in [5.74, 6) is 0.797. The van der Waals surface area contributed by atoms with Crippen LogP contribution in [0.3, 0.4) is 0 Å². The summed E-state index contributed by atoms with van der Waals surface area (Å²) in [6.07, 6.45) is 2.69. The van der Waals surface area contributed by atoms with Gasteiger partial charge in [-0.25, -0.2) is 4.98 Å². The molecule has 2 atom stereocenters. The fraction of sp³-hybridized carbons (Fsp3) is 0.438. The summed E-state index contributed by atoms with van der Waals surface area (Å²) in [7, 11) is 0. The highest BCUT2D eigenvalue weighted by atomic mass is 32.1. The molecule has 1 heterocycles. The van der Waals surface area contributed by atoms with Crippen LogP contribution in [0.25, 0.3) is 0 Å². The smallest absolute Gasteiger partial charge is 0.110 e. The lowest BCUT2D eigenvalue weighted by atomic mass is 10.0. The molecule has 0 spiro atoms. The molecule has 1 saturated carbocycles. The summed E-state index contributed by atoms with van der Waals surface area (Å²) < 4.78 is 0. The molecule has 2 nitrogen and oxygen atoms in total. The van der Waals surface area contributed by atoms with Gasteiger partial charge in [0.2, 0.25) is 0 Å². The van der Waals surface area contributed by atoms with Crippen LogP contribution in [0.5, 0.6) is 0 Å². The van der Waals surface area contributed by atoms with Crippen LogP contribution in [-0.4, -0.2) is 4.98 Å². The number of aromatic nitrogens is 1. The van der Waals surface area contributed by atoms with Gasteiger partial charge in [0.1, 0.15) is 5.01 Å². The maximum atomic E-state index is 4.59. The van der Waals surface area contributed by atoms with Crippen LogP contribution in [0, 0.1) is 12.8 Å².